The number of fused-ring (bicyclic) bond motifs is 1. The molecule has 1 heterocycles. The highest BCUT2D eigenvalue weighted by atomic mass is 19.1. The summed E-state index contributed by atoms with van der Waals surface area (Å²) in [5, 5.41) is 2.82. The molecule has 31 heavy (non-hydrogen) atoms. The fraction of sp³-hybridized carbons (Fsp3) is 0.167. The number of ketones is 1. The topological polar surface area (TPSA) is 73.9 Å². The van der Waals surface area contributed by atoms with Crippen LogP contribution in [0.15, 0.2) is 66.7 Å². The number of halogens is 1. The zero-order valence-electron chi connectivity index (χ0n) is 16.8. The monoisotopic (exact) mass is 421 g/mol. The second kappa shape index (κ2) is 8.87. The Morgan fingerprint density at radius 1 is 0.968 bits per heavy atom. The molecule has 0 aromatic heterocycles. The summed E-state index contributed by atoms with van der Waals surface area (Å²) in [6.07, 6.45) is -0.729. The van der Waals surface area contributed by atoms with E-state index < -0.39 is 11.9 Å². The van der Waals surface area contributed by atoms with Gasteiger partial charge in [-0.05, 0) is 73.2 Å². The Bertz CT molecular complexity index is 1100. The van der Waals surface area contributed by atoms with Crippen molar-refractivity contribution in [2.45, 2.75) is 19.6 Å². The zero-order chi connectivity index (χ0) is 21.8. The van der Waals surface area contributed by atoms with E-state index >= 15 is 0 Å². The van der Waals surface area contributed by atoms with Gasteiger partial charge in [-0.15, -0.1) is 0 Å². The molecule has 1 N–H and O–H groups in total. The number of ether oxygens (including phenoxy) is 3. The minimum absolute atomic E-state index is 0.199. The van der Waals surface area contributed by atoms with Crippen LogP contribution < -0.4 is 19.5 Å². The molecule has 0 saturated heterocycles. The van der Waals surface area contributed by atoms with E-state index in [9.17, 15) is 14.0 Å². The van der Waals surface area contributed by atoms with Gasteiger partial charge in [0.05, 0.1) is 0 Å². The molecule has 7 heteroatoms. The van der Waals surface area contributed by atoms with Crippen LogP contribution in [-0.4, -0.2) is 24.6 Å². The summed E-state index contributed by atoms with van der Waals surface area (Å²) >= 11 is 0. The number of carbonyl (C=O) groups excluding carboxylic acids is 2. The van der Waals surface area contributed by atoms with Crippen molar-refractivity contribution in [3.05, 3.63) is 89.2 Å². The standard InChI is InChI=1S/C24H20FNO5/c1-15(24(28)26-13-16-2-11-21-22(12-16)30-14-29-21)31-20-9-5-18(6-10-20)23(27)17-3-7-19(25)8-4-17/h2-12,15H,13-14H2,1H3,(H,26,28). The Morgan fingerprint density at radius 3 is 2.32 bits per heavy atom. The summed E-state index contributed by atoms with van der Waals surface area (Å²) in [6.45, 7) is 2.17. The van der Waals surface area contributed by atoms with E-state index in [2.05, 4.69) is 5.32 Å². The van der Waals surface area contributed by atoms with Gasteiger partial charge in [-0.25, -0.2) is 4.39 Å². The van der Waals surface area contributed by atoms with Crippen molar-refractivity contribution < 1.29 is 28.2 Å². The van der Waals surface area contributed by atoms with E-state index in [0.29, 0.717) is 34.9 Å². The molecule has 4 rings (SSSR count). The molecule has 0 radical (unpaired) electrons. The third kappa shape index (κ3) is 4.83. The zero-order valence-corrected chi connectivity index (χ0v) is 16.8. The minimum atomic E-state index is -0.729. The van der Waals surface area contributed by atoms with Crippen LogP contribution in [0.1, 0.15) is 28.4 Å². The van der Waals surface area contributed by atoms with Crippen LogP contribution in [0.3, 0.4) is 0 Å². The predicted octanol–water partition coefficient (Wildman–Crippen LogP) is 3.87. The SMILES string of the molecule is CC(Oc1ccc(C(=O)c2ccc(F)cc2)cc1)C(=O)NCc1ccc2c(c1)OCO2. The number of hydrogen-bond acceptors (Lipinski definition) is 5. The van der Waals surface area contributed by atoms with Crippen molar-refractivity contribution in [2.24, 2.45) is 0 Å². The number of rotatable bonds is 7. The van der Waals surface area contributed by atoms with Gasteiger partial charge in [0.25, 0.3) is 5.91 Å². The lowest BCUT2D eigenvalue weighted by Crippen LogP contribution is -2.35. The average Bonchev–Trinajstić information content (AvgIpc) is 3.26. The first-order valence-corrected chi connectivity index (χ1v) is 9.73. The maximum absolute atomic E-state index is 13.0. The van der Waals surface area contributed by atoms with E-state index in [1.54, 1.807) is 37.3 Å². The molecule has 0 aliphatic carbocycles. The first-order chi connectivity index (χ1) is 15.0. The van der Waals surface area contributed by atoms with Gasteiger partial charge in [-0.1, -0.05) is 6.07 Å². The van der Waals surface area contributed by atoms with E-state index in [1.807, 2.05) is 12.1 Å². The highest BCUT2D eigenvalue weighted by molar-refractivity contribution is 6.09. The lowest BCUT2D eigenvalue weighted by atomic mass is 10.0. The van der Waals surface area contributed by atoms with Crippen molar-refractivity contribution in [3.63, 3.8) is 0 Å². The molecule has 3 aromatic carbocycles. The van der Waals surface area contributed by atoms with Crippen molar-refractivity contribution >= 4 is 11.7 Å². The molecular weight excluding hydrogens is 401 g/mol. The van der Waals surface area contributed by atoms with Gasteiger partial charge in [0.1, 0.15) is 11.6 Å². The number of benzene rings is 3. The van der Waals surface area contributed by atoms with Gasteiger partial charge < -0.3 is 19.5 Å². The summed E-state index contributed by atoms with van der Waals surface area (Å²) in [5.41, 5.74) is 1.72. The van der Waals surface area contributed by atoms with Gasteiger partial charge in [0.2, 0.25) is 6.79 Å². The van der Waals surface area contributed by atoms with E-state index in [4.69, 9.17) is 14.2 Å². The highest BCUT2D eigenvalue weighted by Crippen LogP contribution is 2.32. The largest absolute Gasteiger partial charge is 0.481 e. The van der Waals surface area contributed by atoms with Crippen LogP contribution in [0.4, 0.5) is 4.39 Å². The lowest BCUT2D eigenvalue weighted by molar-refractivity contribution is -0.127. The summed E-state index contributed by atoms with van der Waals surface area (Å²) in [6, 6.07) is 17.3. The average molecular weight is 421 g/mol. The molecule has 1 unspecified atom stereocenters. The molecule has 1 atom stereocenters. The number of amides is 1. The van der Waals surface area contributed by atoms with Crippen molar-refractivity contribution in [2.75, 3.05) is 6.79 Å². The Hall–Kier alpha value is -3.87. The molecule has 6 nitrogen and oxygen atoms in total. The van der Waals surface area contributed by atoms with Crippen LogP contribution in [0.25, 0.3) is 0 Å². The quantitative estimate of drug-likeness (QED) is 0.587. The summed E-state index contributed by atoms with van der Waals surface area (Å²) in [4.78, 5) is 24.8. The molecule has 3 aromatic rings. The Labute approximate surface area is 178 Å². The number of carbonyl (C=O) groups is 2. The molecule has 0 bridgehead atoms. The van der Waals surface area contributed by atoms with Crippen molar-refractivity contribution in [1.29, 1.82) is 0 Å². The molecule has 0 saturated carbocycles. The van der Waals surface area contributed by atoms with E-state index in [0.717, 1.165) is 5.56 Å². The smallest absolute Gasteiger partial charge is 0.261 e. The maximum Gasteiger partial charge on any atom is 0.261 e. The Morgan fingerprint density at radius 2 is 1.61 bits per heavy atom. The van der Waals surface area contributed by atoms with Gasteiger partial charge in [-0.3, -0.25) is 9.59 Å². The van der Waals surface area contributed by atoms with Crippen molar-refractivity contribution in [1.82, 2.24) is 5.32 Å². The minimum Gasteiger partial charge on any atom is -0.481 e. The molecule has 1 aliphatic heterocycles. The van der Waals surface area contributed by atoms with E-state index in [-0.39, 0.29) is 18.5 Å². The van der Waals surface area contributed by atoms with Crippen molar-refractivity contribution in [3.8, 4) is 17.2 Å². The number of hydrogen-bond donors (Lipinski definition) is 1. The van der Waals surface area contributed by atoms with Crippen LogP contribution >= 0.6 is 0 Å². The Kier molecular flexibility index (Phi) is 5.84. The molecule has 1 amide bonds. The molecule has 0 spiro atoms. The Balaban J connectivity index is 1.31. The van der Waals surface area contributed by atoms with Crippen LogP contribution in [-0.2, 0) is 11.3 Å². The van der Waals surface area contributed by atoms with Gasteiger partial charge in [0, 0.05) is 17.7 Å². The molecule has 0 fully saturated rings. The molecule has 158 valence electrons. The second-order valence-corrected chi connectivity index (χ2v) is 7.03. The first kappa shape index (κ1) is 20.4. The fourth-order valence-electron chi connectivity index (χ4n) is 3.09. The number of nitrogens with one attached hydrogen (secondary N) is 1. The van der Waals surface area contributed by atoms with Crippen LogP contribution in [0.5, 0.6) is 17.2 Å². The summed E-state index contributed by atoms with van der Waals surface area (Å²) in [7, 11) is 0. The summed E-state index contributed by atoms with van der Waals surface area (Å²) < 4.78 is 29.3. The van der Waals surface area contributed by atoms with Crippen LogP contribution in [0, 0.1) is 5.82 Å². The molecule has 1 aliphatic rings. The van der Waals surface area contributed by atoms with Gasteiger partial charge >= 0.3 is 0 Å². The van der Waals surface area contributed by atoms with E-state index in [1.165, 1.54) is 24.3 Å². The maximum atomic E-state index is 13.0. The summed E-state index contributed by atoms with van der Waals surface area (Å²) in [5.74, 6) is 0.914. The fourth-order valence-corrected chi connectivity index (χ4v) is 3.09. The third-order valence-electron chi connectivity index (χ3n) is 4.81. The second-order valence-electron chi connectivity index (χ2n) is 7.03. The van der Waals surface area contributed by atoms with Gasteiger partial charge in [0.15, 0.2) is 23.4 Å². The lowest BCUT2D eigenvalue weighted by Gasteiger charge is -2.15. The third-order valence-corrected chi connectivity index (χ3v) is 4.81. The first-order valence-electron chi connectivity index (χ1n) is 9.73. The predicted molar refractivity (Wildman–Crippen MR) is 111 cm³/mol. The van der Waals surface area contributed by atoms with Gasteiger partial charge in [-0.2, -0.15) is 0 Å². The normalized spacial score (nSPS) is 12.8. The highest BCUT2D eigenvalue weighted by Gasteiger charge is 2.17. The van der Waals surface area contributed by atoms with Crippen LogP contribution in [0.2, 0.25) is 0 Å². The molecular formula is C24H20FNO5.